The molecule has 2 heterocycles. The fraction of sp³-hybridized carbons (Fsp3) is 0. The minimum atomic E-state index is 0.939. The fourth-order valence-electron chi connectivity index (χ4n) is 5.55. The van der Waals surface area contributed by atoms with Crippen molar-refractivity contribution in [3.8, 4) is 11.1 Å². The molecule has 35 heavy (non-hydrogen) atoms. The zero-order chi connectivity index (χ0) is 23.5. The Morgan fingerprint density at radius 2 is 1.37 bits per heavy atom. The van der Waals surface area contributed by atoms with Crippen molar-refractivity contribution in [2.45, 2.75) is 0 Å². The lowest BCUT2D eigenvalue weighted by molar-refractivity contribution is 1.21. The second-order valence-corrected chi connectivity index (χ2v) is 8.92. The monoisotopic (exact) mass is 446 g/mol. The first kappa shape index (κ1) is 19.7. The topological polar surface area (TPSA) is 17.3 Å². The number of benzene rings is 5. The molecule has 0 saturated heterocycles. The Labute approximate surface area is 203 Å². The van der Waals surface area contributed by atoms with Crippen LogP contribution < -0.4 is 0 Å². The first-order valence-electron chi connectivity index (χ1n) is 11.8. The van der Waals surface area contributed by atoms with Gasteiger partial charge in [-0.25, -0.2) is 4.98 Å². The minimum absolute atomic E-state index is 0.939. The number of hydrogen-bond acceptors (Lipinski definition) is 1. The molecule has 0 spiro atoms. The molecule has 7 aromatic rings. The van der Waals surface area contributed by atoms with Gasteiger partial charge in [-0.05, 0) is 68.4 Å². The summed E-state index contributed by atoms with van der Waals surface area (Å²) in [5, 5.41) is 7.28. The predicted molar refractivity (Wildman–Crippen MR) is 151 cm³/mol. The molecule has 0 amide bonds. The fourth-order valence-corrected chi connectivity index (χ4v) is 5.55. The third-order valence-corrected chi connectivity index (χ3v) is 7.10. The highest BCUT2D eigenvalue weighted by molar-refractivity contribution is 6.15. The van der Waals surface area contributed by atoms with Crippen molar-refractivity contribution < 1.29 is 0 Å². The Bertz CT molecular complexity index is 1990. The van der Waals surface area contributed by atoms with Crippen LogP contribution in [0.3, 0.4) is 0 Å². The molecule has 5 aromatic carbocycles. The maximum Gasteiger partial charge on any atom is 0.146 e. The van der Waals surface area contributed by atoms with Gasteiger partial charge in [-0.2, -0.15) is 0 Å². The molecular formula is C33H22N2. The molecule has 7 rings (SSSR count). The zero-order valence-electron chi connectivity index (χ0n) is 19.2. The van der Waals surface area contributed by atoms with Crippen molar-refractivity contribution >= 4 is 61.1 Å². The molecule has 0 aliphatic heterocycles. The van der Waals surface area contributed by atoms with Crippen LogP contribution >= 0.6 is 0 Å². The summed E-state index contributed by atoms with van der Waals surface area (Å²) in [6.45, 7) is 8.25. The highest BCUT2D eigenvalue weighted by Gasteiger charge is 2.17. The molecule has 2 aromatic heterocycles. The standard InChI is InChI=1S/C33H22N2/c1-3-23-27-18-17-22(28-19-21-11-5-6-12-24(21)25-13-7-8-14-26(25)28)20-29(27)33-34-30-15-9-10-16-32(30)35(33)31(23)4-2/h3-20H,1-2H2. The smallest absolute Gasteiger partial charge is 0.146 e. The summed E-state index contributed by atoms with van der Waals surface area (Å²) in [6.07, 6.45) is 3.83. The maximum atomic E-state index is 5.06. The van der Waals surface area contributed by atoms with Crippen LogP contribution in [-0.4, -0.2) is 9.38 Å². The van der Waals surface area contributed by atoms with E-state index in [0.717, 1.165) is 38.7 Å². The quantitative estimate of drug-likeness (QED) is 0.248. The van der Waals surface area contributed by atoms with Crippen molar-refractivity contribution in [1.29, 1.82) is 0 Å². The van der Waals surface area contributed by atoms with Gasteiger partial charge in [-0.1, -0.05) is 92.0 Å². The van der Waals surface area contributed by atoms with Gasteiger partial charge in [0.05, 0.1) is 16.7 Å². The average Bonchev–Trinajstić information content (AvgIpc) is 3.31. The Morgan fingerprint density at radius 1 is 0.629 bits per heavy atom. The predicted octanol–water partition coefficient (Wildman–Crippen LogP) is 8.90. The molecule has 0 N–H and O–H groups in total. The number of imidazole rings is 1. The van der Waals surface area contributed by atoms with Crippen molar-refractivity contribution in [1.82, 2.24) is 9.38 Å². The summed E-state index contributed by atoms with van der Waals surface area (Å²) in [5.74, 6) is 0. The number of fused-ring (bicyclic) bond motifs is 8. The summed E-state index contributed by atoms with van der Waals surface area (Å²) in [6, 6.07) is 34.6. The van der Waals surface area contributed by atoms with Crippen LogP contribution in [0, 0.1) is 0 Å². The van der Waals surface area contributed by atoms with Crippen molar-refractivity contribution in [2.24, 2.45) is 0 Å². The van der Waals surface area contributed by atoms with Gasteiger partial charge in [0.2, 0.25) is 0 Å². The second kappa shape index (κ2) is 7.41. The van der Waals surface area contributed by atoms with Crippen LogP contribution in [0.4, 0.5) is 0 Å². The van der Waals surface area contributed by atoms with Gasteiger partial charge in [0.15, 0.2) is 0 Å². The van der Waals surface area contributed by atoms with Crippen molar-refractivity contribution in [3.63, 3.8) is 0 Å². The van der Waals surface area contributed by atoms with Crippen LogP contribution in [0.2, 0.25) is 0 Å². The summed E-state index contributed by atoms with van der Waals surface area (Å²) < 4.78 is 2.21. The molecule has 2 nitrogen and oxygen atoms in total. The molecule has 0 aliphatic carbocycles. The van der Waals surface area contributed by atoms with Crippen LogP contribution in [0.25, 0.3) is 72.3 Å². The maximum absolute atomic E-state index is 5.06. The summed E-state index contributed by atoms with van der Waals surface area (Å²) in [5.41, 5.74) is 7.47. The van der Waals surface area contributed by atoms with Crippen LogP contribution in [0.1, 0.15) is 11.3 Å². The van der Waals surface area contributed by atoms with E-state index >= 15 is 0 Å². The number of para-hydroxylation sites is 2. The van der Waals surface area contributed by atoms with Gasteiger partial charge in [0, 0.05) is 10.9 Å². The highest BCUT2D eigenvalue weighted by atomic mass is 15.0. The van der Waals surface area contributed by atoms with E-state index in [-0.39, 0.29) is 0 Å². The Morgan fingerprint density at radius 3 is 2.20 bits per heavy atom. The zero-order valence-corrected chi connectivity index (χ0v) is 19.2. The van der Waals surface area contributed by atoms with Gasteiger partial charge in [0.1, 0.15) is 5.65 Å². The normalized spacial score (nSPS) is 11.7. The van der Waals surface area contributed by atoms with Crippen molar-refractivity contribution in [3.05, 3.63) is 121 Å². The van der Waals surface area contributed by atoms with Crippen LogP contribution in [0.5, 0.6) is 0 Å². The van der Waals surface area contributed by atoms with Gasteiger partial charge in [-0.15, -0.1) is 0 Å². The molecule has 0 atom stereocenters. The van der Waals surface area contributed by atoms with Crippen LogP contribution in [-0.2, 0) is 0 Å². The second-order valence-electron chi connectivity index (χ2n) is 8.92. The van der Waals surface area contributed by atoms with E-state index in [1.165, 1.54) is 32.7 Å². The van der Waals surface area contributed by atoms with E-state index in [0.29, 0.717) is 0 Å². The molecule has 2 heteroatoms. The van der Waals surface area contributed by atoms with E-state index < -0.39 is 0 Å². The average molecular weight is 447 g/mol. The number of rotatable bonds is 3. The highest BCUT2D eigenvalue weighted by Crippen LogP contribution is 2.38. The molecular weight excluding hydrogens is 424 g/mol. The largest absolute Gasteiger partial charge is 0.292 e. The molecule has 0 radical (unpaired) electrons. The number of nitrogens with zero attached hydrogens (tertiary/aromatic N) is 2. The van der Waals surface area contributed by atoms with E-state index in [1.54, 1.807) is 0 Å². The summed E-state index contributed by atoms with van der Waals surface area (Å²) >= 11 is 0. The number of hydrogen-bond donors (Lipinski definition) is 0. The Balaban J connectivity index is 1.64. The molecule has 0 saturated carbocycles. The van der Waals surface area contributed by atoms with Gasteiger partial charge in [-0.3, -0.25) is 4.40 Å². The first-order valence-corrected chi connectivity index (χ1v) is 11.8. The SMILES string of the molecule is C=Cc1c(C=C)n2c3ccccc3nc2c2cc(-c3cc4ccccc4c4ccccc34)ccc12. The van der Waals surface area contributed by atoms with E-state index in [9.17, 15) is 0 Å². The third-order valence-electron chi connectivity index (χ3n) is 7.10. The molecule has 0 bridgehead atoms. The van der Waals surface area contributed by atoms with E-state index in [2.05, 4.69) is 109 Å². The summed E-state index contributed by atoms with van der Waals surface area (Å²) in [7, 11) is 0. The molecule has 0 aliphatic rings. The van der Waals surface area contributed by atoms with Crippen molar-refractivity contribution in [2.75, 3.05) is 0 Å². The molecule has 164 valence electrons. The van der Waals surface area contributed by atoms with Gasteiger partial charge < -0.3 is 0 Å². The summed E-state index contributed by atoms with van der Waals surface area (Å²) in [4.78, 5) is 5.06. The van der Waals surface area contributed by atoms with Crippen LogP contribution in [0.15, 0.2) is 110 Å². The van der Waals surface area contributed by atoms with Gasteiger partial charge in [0.25, 0.3) is 0 Å². The van der Waals surface area contributed by atoms with E-state index in [1.807, 2.05) is 18.2 Å². The minimum Gasteiger partial charge on any atom is -0.292 e. The Hall–Kier alpha value is -4.69. The lowest BCUT2D eigenvalue weighted by atomic mass is 9.91. The van der Waals surface area contributed by atoms with E-state index in [4.69, 9.17) is 4.98 Å². The number of aromatic nitrogens is 2. The van der Waals surface area contributed by atoms with Gasteiger partial charge >= 0.3 is 0 Å². The lowest BCUT2D eigenvalue weighted by Crippen LogP contribution is -1.98. The molecule has 0 fully saturated rings. The Kier molecular flexibility index (Phi) is 4.18. The number of pyridine rings is 1. The first-order chi connectivity index (χ1) is 17.3. The molecule has 0 unspecified atom stereocenters. The lowest BCUT2D eigenvalue weighted by Gasteiger charge is -2.15. The third kappa shape index (κ3) is 2.74.